The summed E-state index contributed by atoms with van der Waals surface area (Å²) in [5, 5.41) is 13.0. The number of aliphatic imine (C=N–C) groups is 1. The number of hydrogen-bond acceptors (Lipinski definition) is 9. The van der Waals surface area contributed by atoms with Crippen molar-refractivity contribution in [2.24, 2.45) is 4.99 Å². The number of nitrogens with one attached hydrogen (secondary N) is 1. The fourth-order valence-corrected chi connectivity index (χ4v) is 4.88. The molecule has 0 saturated heterocycles. The van der Waals surface area contributed by atoms with E-state index < -0.39 is 14.9 Å². The number of nitrogens with zero attached hydrogens (tertiary/aromatic N) is 5. The summed E-state index contributed by atoms with van der Waals surface area (Å²) in [6, 6.07) is 13.4. The maximum atomic E-state index is 12.4. The van der Waals surface area contributed by atoms with Crippen molar-refractivity contribution in [1.29, 1.82) is 0 Å². The number of thiazole rings is 1. The Balaban J connectivity index is 1.32. The molecule has 1 N–H and O–H groups in total. The van der Waals surface area contributed by atoms with Crippen LogP contribution in [-0.4, -0.2) is 40.7 Å². The maximum Gasteiger partial charge on any atom is 0.342 e. The number of benzene rings is 2. The summed E-state index contributed by atoms with van der Waals surface area (Å²) in [6.45, 7) is 2.25. The molecular formula is C22H20N6O5S2. The van der Waals surface area contributed by atoms with Crippen LogP contribution in [0.2, 0.25) is 0 Å². The van der Waals surface area contributed by atoms with Crippen molar-refractivity contribution in [3.05, 3.63) is 87.8 Å². The fraction of sp³-hybridized carbons (Fsp3) is 0.136. The van der Waals surface area contributed by atoms with Gasteiger partial charge in [-0.15, -0.1) is 11.3 Å². The van der Waals surface area contributed by atoms with Gasteiger partial charge in [0.05, 0.1) is 10.6 Å². The minimum atomic E-state index is -3.71. The maximum absolute atomic E-state index is 12.4. The molecule has 0 atom stereocenters. The highest BCUT2D eigenvalue weighted by atomic mass is 32.2. The number of anilines is 1. The number of nitro groups is 1. The molecule has 2 heterocycles. The van der Waals surface area contributed by atoms with Gasteiger partial charge in [0.1, 0.15) is 25.1 Å². The van der Waals surface area contributed by atoms with Crippen LogP contribution in [-0.2, 0) is 16.6 Å². The molecule has 0 aliphatic heterocycles. The molecule has 0 saturated carbocycles. The average Bonchev–Trinajstić information content (AvgIpc) is 3.48. The van der Waals surface area contributed by atoms with Crippen molar-refractivity contribution in [2.45, 2.75) is 18.4 Å². The number of ether oxygens (including phenoxy) is 1. The Morgan fingerprint density at radius 3 is 2.57 bits per heavy atom. The molecule has 0 spiro atoms. The topological polar surface area (TPSA) is 142 Å². The van der Waals surface area contributed by atoms with Gasteiger partial charge in [0, 0.05) is 24.7 Å². The zero-order chi connectivity index (χ0) is 24.8. The van der Waals surface area contributed by atoms with Gasteiger partial charge in [-0.1, -0.05) is 0 Å². The minimum Gasteiger partial charge on any atom is -0.489 e. The first kappa shape index (κ1) is 24.0. The number of imidazole rings is 1. The van der Waals surface area contributed by atoms with Crippen LogP contribution in [0.25, 0.3) is 0 Å². The SMILES string of the molecule is Cc1ncc([N+](=O)[O-])n1CCOc1ccc(C=Nc2ccc(S(=O)(=O)Nc3nccs3)cc2)cc1. The van der Waals surface area contributed by atoms with Gasteiger partial charge in [0.15, 0.2) is 11.0 Å². The van der Waals surface area contributed by atoms with E-state index in [9.17, 15) is 18.5 Å². The fourth-order valence-electron chi connectivity index (χ4n) is 3.09. The highest BCUT2D eigenvalue weighted by molar-refractivity contribution is 7.93. The second-order valence-electron chi connectivity index (χ2n) is 7.18. The van der Waals surface area contributed by atoms with Crippen LogP contribution < -0.4 is 9.46 Å². The lowest BCUT2D eigenvalue weighted by molar-refractivity contribution is -0.392. The second-order valence-corrected chi connectivity index (χ2v) is 9.76. The molecule has 13 heteroatoms. The number of sulfonamides is 1. The third-order valence-corrected chi connectivity index (χ3v) is 7.02. The summed E-state index contributed by atoms with van der Waals surface area (Å²) in [7, 11) is -3.71. The van der Waals surface area contributed by atoms with Crippen LogP contribution in [0.15, 0.2) is 76.2 Å². The summed E-state index contributed by atoms with van der Waals surface area (Å²) in [5.41, 5.74) is 1.41. The normalized spacial score (nSPS) is 11.6. The van der Waals surface area contributed by atoms with Gasteiger partial charge in [0.25, 0.3) is 10.0 Å². The molecule has 11 nitrogen and oxygen atoms in total. The largest absolute Gasteiger partial charge is 0.489 e. The highest BCUT2D eigenvalue weighted by Gasteiger charge is 2.17. The van der Waals surface area contributed by atoms with Crippen molar-refractivity contribution in [3.8, 4) is 5.75 Å². The summed E-state index contributed by atoms with van der Waals surface area (Å²) < 4.78 is 34.4. The van der Waals surface area contributed by atoms with Crippen LogP contribution in [0, 0.1) is 17.0 Å². The van der Waals surface area contributed by atoms with Gasteiger partial charge in [-0.2, -0.15) is 0 Å². The average molecular weight is 513 g/mol. The van der Waals surface area contributed by atoms with Gasteiger partial charge in [-0.05, 0) is 59.0 Å². The van der Waals surface area contributed by atoms with Crippen LogP contribution in [0.5, 0.6) is 5.75 Å². The van der Waals surface area contributed by atoms with E-state index in [1.807, 2.05) is 12.1 Å². The van der Waals surface area contributed by atoms with Crippen LogP contribution in [0.3, 0.4) is 0 Å². The third-order valence-electron chi connectivity index (χ3n) is 4.85. The third kappa shape index (κ3) is 6.07. The molecule has 0 radical (unpaired) electrons. The van der Waals surface area contributed by atoms with Crippen molar-refractivity contribution in [3.63, 3.8) is 0 Å². The van der Waals surface area contributed by atoms with E-state index in [0.717, 1.165) is 5.56 Å². The lowest BCUT2D eigenvalue weighted by Crippen LogP contribution is -2.12. The summed E-state index contributed by atoms with van der Waals surface area (Å²) in [6.07, 6.45) is 4.41. The predicted molar refractivity (Wildman–Crippen MR) is 132 cm³/mol. The van der Waals surface area contributed by atoms with E-state index in [2.05, 4.69) is 19.7 Å². The van der Waals surface area contributed by atoms with Crippen LogP contribution in [0.4, 0.5) is 16.6 Å². The van der Waals surface area contributed by atoms with E-state index in [1.54, 1.807) is 42.8 Å². The number of aryl methyl sites for hydroxylation is 1. The van der Waals surface area contributed by atoms with Crippen molar-refractivity contribution in [2.75, 3.05) is 11.3 Å². The first-order valence-corrected chi connectivity index (χ1v) is 12.6. The molecule has 2 aromatic heterocycles. The van der Waals surface area contributed by atoms with Gasteiger partial charge >= 0.3 is 5.82 Å². The van der Waals surface area contributed by atoms with Gasteiger partial charge < -0.3 is 14.9 Å². The van der Waals surface area contributed by atoms with Gasteiger partial charge in [-0.3, -0.25) is 9.71 Å². The molecule has 4 aromatic rings. The molecule has 35 heavy (non-hydrogen) atoms. The highest BCUT2D eigenvalue weighted by Crippen LogP contribution is 2.21. The zero-order valence-electron chi connectivity index (χ0n) is 18.4. The lowest BCUT2D eigenvalue weighted by atomic mass is 10.2. The molecule has 0 unspecified atom stereocenters. The van der Waals surface area contributed by atoms with E-state index in [1.165, 1.54) is 40.4 Å². The molecular weight excluding hydrogens is 492 g/mol. The molecule has 2 aromatic carbocycles. The monoisotopic (exact) mass is 512 g/mol. The van der Waals surface area contributed by atoms with Crippen molar-refractivity contribution < 1.29 is 18.1 Å². The second kappa shape index (κ2) is 10.4. The van der Waals surface area contributed by atoms with E-state index in [-0.39, 0.29) is 17.3 Å². The Bertz CT molecular complexity index is 1430. The lowest BCUT2D eigenvalue weighted by Gasteiger charge is -2.07. The molecule has 0 bridgehead atoms. The first-order chi connectivity index (χ1) is 16.8. The molecule has 180 valence electrons. The Labute approximate surface area is 205 Å². The van der Waals surface area contributed by atoms with Crippen molar-refractivity contribution in [1.82, 2.24) is 14.5 Å². The van der Waals surface area contributed by atoms with E-state index in [0.29, 0.717) is 28.9 Å². The zero-order valence-corrected chi connectivity index (χ0v) is 20.1. The molecule has 4 rings (SSSR count). The quantitative estimate of drug-likeness (QED) is 0.191. The standard InChI is InChI=1S/C22H20N6O5S2/c1-16-24-15-21(28(29)30)27(16)11-12-33-19-6-2-17(3-7-19)14-25-18-4-8-20(9-5-18)35(31,32)26-22-23-10-13-34-22/h2-10,13-15H,11-12H2,1H3,(H,23,26). The summed E-state index contributed by atoms with van der Waals surface area (Å²) >= 11 is 1.20. The van der Waals surface area contributed by atoms with E-state index in [4.69, 9.17) is 4.74 Å². The Kier molecular flexibility index (Phi) is 7.17. The predicted octanol–water partition coefficient (Wildman–Crippen LogP) is 4.19. The first-order valence-electron chi connectivity index (χ1n) is 10.3. The van der Waals surface area contributed by atoms with Gasteiger partial charge in [-0.25, -0.2) is 23.0 Å². The Morgan fingerprint density at radius 2 is 1.91 bits per heavy atom. The van der Waals surface area contributed by atoms with Gasteiger partial charge in [0.2, 0.25) is 0 Å². The molecule has 0 aliphatic rings. The summed E-state index contributed by atoms with van der Waals surface area (Å²) in [4.78, 5) is 23.0. The molecule has 0 fully saturated rings. The number of hydrogen-bond donors (Lipinski definition) is 1. The van der Waals surface area contributed by atoms with Crippen LogP contribution >= 0.6 is 11.3 Å². The summed E-state index contributed by atoms with van der Waals surface area (Å²) in [5.74, 6) is 1.09. The molecule has 0 aliphatic carbocycles. The Morgan fingerprint density at radius 1 is 1.17 bits per heavy atom. The smallest absolute Gasteiger partial charge is 0.342 e. The van der Waals surface area contributed by atoms with Crippen molar-refractivity contribution >= 4 is 44.2 Å². The van der Waals surface area contributed by atoms with Crippen LogP contribution in [0.1, 0.15) is 11.4 Å². The number of aromatic nitrogens is 3. The minimum absolute atomic E-state index is 0.0703. The Hall–Kier alpha value is -4.10. The molecule has 0 amide bonds. The number of rotatable bonds is 10. The van der Waals surface area contributed by atoms with E-state index >= 15 is 0 Å².